The number of aryl methyl sites for hydroxylation is 1. The van der Waals surface area contributed by atoms with Gasteiger partial charge in [-0.1, -0.05) is 30.7 Å². The Balaban J connectivity index is 1.40. The number of carbonyl (C=O) groups excluding carboxylic acids is 1. The van der Waals surface area contributed by atoms with Crippen LogP contribution in [0.2, 0.25) is 0 Å². The van der Waals surface area contributed by atoms with Crippen molar-refractivity contribution in [2.45, 2.75) is 58.3 Å². The highest BCUT2D eigenvalue weighted by Gasteiger charge is 2.39. The summed E-state index contributed by atoms with van der Waals surface area (Å²) < 4.78 is 41.8. The van der Waals surface area contributed by atoms with Crippen LogP contribution in [-0.4, -0.2) is 51.7 Å². The number of aromatic nitrogens is 2. The Morgan fingerprint density at radius 2 is 1.74 bits per heavy atom. The molecule has 0 N–H and O–H groups in total. The van der Waals surface area contributed by atoms with Gasteiger partial charge in [-0.3, -0.25) is 14.4 Å². The van der Waals surface area contributed by atoms with Crippen LogP contribution in [0, 0.1) is 6.92 Å². The summed E-state index contributed by atoms with van der Waals surface area (Å²) in [5.41, 5.74) is 2.61. The van der Waals surface area contributed by atoms with Crippen LogP contribution in [0.3, 0.4) is 0 Å². The third-order valence-electron chi connectivity index (χ3n) is 6.44. The maximum absolute atomic E-state index is 13.5. The zero-order valence-corrected chi connectivity index (χ0v) is 17.9. The van der Waals surface area contributed by atoms with Crippen molar-refractivity contribution in [3.8, 4) is 0 Å². The number of hydrogen-bond donors (Lipinski definition) is 0. The minimum Gasteiger partial charge on any atom is -0.339 e. The summed E-state index contributed by atoms with van der Waals surface area (Å²) in [6.45, 7) is 5.50. The van der Waals surface area contributed by atoms with Gasteiger partial charge in [0, 0.05) is 44.0 Å². The fraction of sp³-hybridized carbons (Fsp3) is 0.565. The molecule has 1 aliphatic carbocycles. The summed E-state index contributed by atoms with van der Waals surface area (Å²) in [7, 11) is 0. The number of benzene rings is 1. The van der Waals surface area contributed by atoms with E-state index in [0.29, 0.717) is 37.2 Å². The first-order valence-electron chi connectivity index (χ1n) is 11.0. The molecule has 1 amide bonds. The van der Waals surface area contributed by atoms with Gasteiger partial charge in [0.05, 0.1) is 0 Å². The third kappa shape index (κ3) is 4.95. The molecular formula is C23H29F3N4O. The fourth-order valence-corrected chi connectivity index (χ4v) is 4.62. The van der Waals surface area contributed by atoms with Gasteiger partial charge in [0.15, 0.2) is 5.69 Å². The molecule has 0 spiro atoms. The minimum absolute atomic E-state index is 0.115. The highest BCUT2D eigenvalue weighted by molar-refractivity contribution is 5.76. The molecule has 0 saturated carbocycles. The largest absolute Gasteiger partial charge is 0.435 e. The van der Waals surface area contributed by atoms with E-state index in [9.17, 15) is 18.0 Å². The Kier molecular flexibility index (Phi) is 6.36. The lowest BCUT2D eigenvalue weighted by Gasteiger charge is -2.35. The van der Waals surface area contributed by atoms with E-state index in [4.69, 9.17) is 0 Å². The van der Waals surface area contributed by atoms with Gasteiger partial charge >= 0.3 is 6.18 Å². The zero-order chi connectivity index (χ0) is 22.0. The maximum atomic E-state index is 13.5. The summed E-state index contributed by atoms with van der Waals surface area (Å²) in [4.78, 5) is 17.0. The second-order valence-corrected chi connectivity index (χ2v) is 8.57. The van der Waals surface area contributed by atoms with Crippen molar-refractivity contribution < 1.29 is 18.0 Å². The average Bonchev–Trinajstić information content (AvgIpc) is 2.91. The van der Waals surface area contributed by atoms with Gasteiger partial charge < -0.3 is 4.90 Å². The normalized spacial score (nSPS) is 18.0. The summed E-state index contributed by atoms with van der Waals surface area (Å²) in [6, 6.07) is 8.27. The second-order valence-electron chi connectivity index (χ2n) is 8.57. The molecule has 0 radical (unpaired) electrons. The molecule has 4 rings (SSSR count). The molecule has 0 bridgehead atoms. The number of hydrogen-bond acceptors (Lipinski definition) is 3. The molecule has 1 aromatic carbocycles. The summed E-state index contributed by atoms with van der Waals surface area (Å²) in [5.74, 6) is -0.154. The van der Waals surface area contributed by atoms with E-state index in [2.05, 4.69) is 29.1 Å². The Labute approximate surface area is 180 Å². The maximum Gasteiger partial charge on any atom is 0.435 e. The smallest absolute Gasteiger partial charge is 0.339 e. The zero-order valence-electron chi connectivity index (χ0n) is 17.9. The Morgan fingerprint density at radius 1 is 1.03 bits per heavy atom. The molecular weight excluding hydrogens is 405 g/mol. The quantitative estimate of drug-likeness (QED) is 0.687. The van der Waals surface area contributed by atoms with Crippen molar-refractivity contribution >= 4 is 5.91 Å². The summed E-state index contributed by atoms with van der Waals surface area (Å²) in [5, 5.41) is 3.85. The highest BCUT2D eigenvalue weighted by Crippen LogP contribution is 2.35. The lowest BCUT2D eigenvalue weighted by atomic mass is 10.1. The first-order valence-corrected chi connectivity index (χ1v) is 11.0. The summed E-state index contributed by atoms with van der Waals surface area (Å²) in [6.07, 6.45) is -1.07. The van der Waals surface area contributed by atoms with Gasteiger partial charge in [-0.25, -0.2) is 0 Å². The predicted octanol–water partition coefficient (Wildman–Crippen LogP) is 3.82. The van der Waals surface area contributed by atoms with Crippen LogP contribution in [0.1, 0.15) is 47.3 Å². The van der Waals surface area contributed by atoms with Gasteiger partial charge in [0.25, 0.3) is 0 Å². The Bertz CT molecular complexity index is 929. The lowest BCUT2D eigenvalue weighted by molar-refractivity contribution is -0.142. The molecule has 1 aliphatic heterocycles. The number of amides is 1. The first-order chi connectivity index (χ1) is 14.8. The van der Waals surface area contributed by atoms with Crippen LogP contribution >= 0.6 is 0 Å². The van der Waals surface area contributed by atoms with Gasteiger partial charge in [0.2, 0.25) is 5.91 Å². The van der Waals surface area contributed by atoms with Crippen molar-refractivity contribution in [1.82, 2.24) is 19.6 Å². The molecule has 5 nitrogen and oxygen atoms in total. The molecule has 1 fully saturated rings. The average molecular weight is 435 g/mol. The van der Waals surface area contributed by atoms with Gasteiger partial charge in [-0.15, -0.1) is 0 Å². The van der Waals surface area contributed by atoms with E-state index in [-0.39, 0.29) is 12.5 Å². The van der Waals surface area contributed by atoms with Crippen LogP contribution < -0.4 is 0 Å². The highest BCUT2D eigenvalue weighted by atomic mass is 19.4. The molecule has 8 heteroatoms. The number of nitrogens with zero attached hydrogens (tertiary/aromatic N) is 4. The molecule has 2 aromatic rings. The van der Waals surface area contributed by atoms with Crippen LogP contribution in [0.4, 0.5) is 13.2 Å². The van der Waals surface area contributed by atoms with Crippen LogP contribution in [-0.2, 0) is 36.9 Å². The van der Waals surface area contributed by atoms with Crippen molar-refractivity contribution in [2.75, 3.05) is 26.2 Å². The van der Waals surface area contributed by atoms with Crippen molar-refractivity contribution in [2.24, 2.45) is 0 Å². The molecule has 2 aliphatic rings. The fourth-order valence-electron chi connectivity index (χ4n) is 4.62. The van der Waals surface area contributed by atoms with Crippen molar-refractivity contribution in [1.29, 1.82) is 0 Å². The molecule has 0 unspecified atom stereocenters. The molecule has 1 saturated heterocycles. The van der Waals surface area contributed by atoms with E-state index in [0.717, 1.165) is 38.9 Å². The molecule has 1 aromatic heterocycles. The van der Waals surface area contributed by atoms with E-state index in [1.54, 1.807) is 4.90 Å². The monoisotopic (exact) mass is 434 g/mol. The molecule has 2 heterocycles. The Morgan fingerprint density at radius 3 is 2.45 bits per heavy atom. The molecule has 0 atom stereocenters. The Hall–Kier alpha value is -2.35. The molecule has 168 valence electrons. The number of carbonyl (C=O) groups is 1. The van der Waals surface area contributed by atoms with E-state index < -0.39 is 11.9 Å². The van der Waals surface area contributed by atoms with Crippen molar-refractivity contribution in [3.05, 3.63) is 52.3 Å². The third-order valence-corrected chi connectivity index (χ3v) is 6.44. The predicted molar refractivity (Wildman–Crippen MR) is 112 cm³/mol. The number of fused-ring (bicyclic) bond motifs is 1. The van der Waals surface area contributed by atoms with E-state index in [1.807, 2.05) is 12.1 Å². The number of piperazine rings is 1. The summed E-state index contributed by atoms with van der Waals surface area (Å²) >= 11 is 0. The lowest BCUT2D eigenvalue weighted by Crippen LogP contribution is -2.49. The number of halogens is 3. The van der Waals surface area contributed by atoms with E-state index in [1.165, 1.54) is 15.8 Å². The van der Waals surface area contributed by atoms with Gasteiger partial charge in [-0.2, -0.15) is 18.3 Å². The second kappa shape index (κ2) is 9.02. The molecule has 31 heavy (non-hydrogen) atoms. The van der Waals surface area contributed by atoms with E-state index >= 15 is 0 Å². The SMILES string of the molecule is Cc1ccccc1CN1CCN(C(=O)Cn2nc(C(F)(F)F)c3c2CCCCC3)CC1. The minimum atomic E-state index is -4.48. The van der Waals surface area contributed by atoms with Crippen LogP contribution in [0.5, 0.6) is 0 Å². The van der Waals surface area contributed by atoms with Crippen LogP contribution in [0.25, 0.3) is 0 Å². The van der Waals surface area contributed by atoms with Crippen molar-refractivity contribution in [3.63, 3.8) is 0 Å². The van der Waals surface area contributed by atoms with Gasteiger partial charge in [0.1, 0.15) is 6.54 Å². The first kappa shape index (κ1) is 21.9. The standard InChI is InChI=1S/C23H29F3N4O/c1-17-7-5-6-8-18(17)15-28-11-13-29(14-12-28)21(31)16-30-20-10-4-2-3-9-19(20)22(27-30)23(24,25)26/h5-8H,2-4,9-16H2,1H3. The van der Waals surface area contributed by atoms with Gasteiger partial charge in [-0.05, 0) is 43.7 Å². The number of alkyl halides is 3. The number of rotatable bonds is 4. The van der Waals surface area contributed by atoms with Crippen LogP contribution in [0.15, 0.2) is 24.3 Å². The topological polar surface area (TPSA) is 41.4 Å².